The van der Waals surface area contributed by atoms with E-state index in [-0.39, 0.29) is 0 Å². The highest BCUT2D eigenvalue weighted by molar-refractivity contribution is 5.32. The first-order valence-electron chi connectivity index (χ1n) is 8.62. The number of hydrogen-bond acceptors (Lipinski definition) is 0. The fraction of sp³-hybridized carbons (Fsp3) is 0.700. The van der Waals surface area contributed by atoms with Crippen LogP contribution in [0.25, 0.3) is 0 Å². The molecule has 1 aromatic rings. The van der Waals surface area contributed by atoms with E-state index in [0.29, 0.717) is 11.8 Å². The summed E-state index contributed by atoms with van der Waals surface area (Å²) in [5.41, 5.74) is 3.03. The molecule has 0 saturated heterocycles. The van der Waals surface area contributed by atoms with Crippen molar-refractivity contribution in [1.82, 2.24) is 0 Å². The summed E-state index contributed by atoms with van der Waals surface area (Å²) in [5, 5.41) is 0. The Labute approximate surface area is 130 Å². The van der Waals surface area contributed by atoms with Crippen LogP contribution in [0.15, 0.2) is 24.3 Å². The SMILES string of the molecule is CC.CC.CC.CC(C)c1ccccc1C(C)C(C)C. The number of rotatable bonds is 3. The first-order chi connectivity index (χ1) is 9.54. The molecule has 0 aromatic heterocycles. The first kappa shape index (κ1) is 24.3. The van der Waals surface area contributed by atoms with Crippen molar-refractivity contribution >= 4 is 0 Å². The molecule has 1 aromatic carbocycles. The van der Waals surface area contributed by atoms with Gasteiger partial charge in [-0.25, -0.2) is 0 Å². The van der Waals surface area contributed by atoms with Gasteiger partial charge in [-0.3, -0.25) is 0 Å². The standard InChI is InChI=1S/C14H22.3C2H6/c1-10(2)12(5)14-9-7-6-8-13(14)11(3)4;3*1-2/h6-12H,1-5H3;3*1-2H3. The Bertz CT molecular complexity index is 284. The molecule has 0 aliphatic carbocycles. The van der Waals surface area contributed by atoms with E-state index in [1.807, 2.05) is 41.5 Å². The Morgan fingerprint density at radius 1 is 0.600 bits per heavy atom. The summed E-state index contributed by atoms with van der Waals surface area (Å²) < 4.78 is 0. The molecule has 0 aliphatic heterocycles. The van der Waals surface area contributed by atoms with Crippen LogP contribution >= 0.6 is 0 Å². The van der Waals surface area contributed by atoms with Crippen LogP contribution in [-0.2, 0) is 0 Å². The topological polar surface area (TPSA) is 0 Å². The summed E-state index contributed by atoms with van der Waals surface area (Å²) in [6.45, 7) is 23.5. The molecule has 0 heteroatoms. The van der Waals surface area contributed by atoms with E-state index >= 15 is 0 Å². The maximum absolute atomic E-state index is 2.33. The van der Waals surface area contributed by atoms with E-state index in [1.165, 1.54) is 11.1 Å². The predicted molar refractivity (Wildman–Crippen MR) is 97.8 cm³/mol. The van der Waals surface area contributed by atoms with Crippen molar-refractivity contribution in [3.05, 3.63) is 35.4 Å². The van der Waals surface area contributed by atoms with Gasteiger partial charge in [0.1, 0.15) is 0 Å². The van der Waals surface area contributed by atoms with Gasteiger partial charge in [-0.1, -0.05) is 100 Å². The molecule has 0 N–H and O–H groups in total. The first-order valence-corrected chi connectivity index (χ1v) is 8.62. The van der Waals surface area contributed by atoms with Crippen LogP contribution in [0.1, 0.15) is 99.1 Å². The summed E-state index contributed by atoms with van der Waals surface area (Å²) in [6.07, 6.45) is 0. The highest BCUT2D eigenvalue weighted by atomic mass is 14.2. The third-order valence-corrected chi connectivity index (χ3v) is 3.11. The molecular weight excluding hydrogens is 240 g/mol. The lowest BCUT2D eigenvalue weighted by atomic mass is 9.84. The maximum Gasteiger partial charge on any atom is -0.0164 e. The fourth-order valence-corrected chi connectivity index (χ4v) is 1.81. The average Bonchev–Trinajstić information content (AvgIpc) is 2.52. The van der Waals surface area contributed by atoms with Crippen molar-refractivity contribution in [3.63, 3.8) is 0 Å². The van der Waals surface area contributed by atoms with Crippen LogP contribution in [-0.4, -0.2) is 0 Å². The molecule has 0 nitrogen and oxygen atoms in total. The zero-order chi connectivity index (χ0) is 16.7. The van der Waals surface area contributed by atoms with Gasteiger partial charge in [0.05, 0.1) is 0 Å². The van der Waals surface area contributed by atoms with Gasteiger partial charge in [0, 0.05) is 0 Å². The van der Waals surface area contributed by atoms with Gasteiger partial charge < -0.3 is 0 Å². The lowest BCUT2D eigenvalue weighted by Crippen LogP contribution is -2.06. The lowest BCUT2D eigenvalue weighted by Gasteiger charge is -2.21. The highest BCUT2D eigenvalue weighted by Crippen LogP contribution is 2.30. The van der Waals surface area contributed by atoms with E-state index in [0.717, 1.165) is 5.92 Å². The zero-order valence-corrected chi connectivity index (χ0v) is 16.0. The molecule has 0 heterocycles. The minimum atomic E-state index is 0.632. The number of hydrogen-bond donors (Lipinski definition) is 0. The maximum atomic E-state index is 2.33. The normalized spacial score (nSPS) is 10.4. The molecule has 1 rings (SSSR count). The molecule has 0 fully saturated rings. The van der Waals surface area contributed by atoms with Crippen LogP contribution in [0.2, 0.25) is 0 Å². The third-order valence-electron chi connectivity index (χ3n) is 3.11. The summed E-state index contributed by atoms with van der Waals surface area (Å²) in [6, 6.07) is 8.84. The second-order valence-corrected chi connectivity index (χ2v) is 4.82. The van der Waals surface area contributed by atoms with Crippen molar-refractivity contribution in [2.24, 2.45) is 5.92 Å². The van der Waals surface area contributed by atoms with Crippen molar-refractivity contribution in [1.29, 1.82) is 0 Å². The predicted octanol–water partition coefficient (Wildman–Crippen LogP) is 7.65. The van der Waals surface area contributed by atoms with Crippen LogP contribution in [0, 0.1) is 5.92 Å². The average molecular weight is 281 g/mol. The zero-order valence-electron chi connectivity index (χ0n) is 16.0. The molecule has 1 atom stereocenters. The Morgan fingerprint density at radius 3 is 1.25 bits per heavy atom. The van der Waals surface area contributed by atoms with E-state index in [2.05, 4.69) is 58.9 Å². The summed E-state index contributed by atoms with van der Waals surface area (Å²) >= 11 is 0. The van der Waals surface area contributed by atoms with Gasteiger partial charge in [0.2, 0.25) is 0 Å². The van der Waals surface area contributed by atoms with Gasteiger partial charge in [-0.15, -0.1) is 0 Å². The molecule has 0 aliphatic rings. The van der Waals surface area contributed by atoms with Gasteiger partial charge >= 0.3 is 0 Å². The largest absolute Gasteiger partial charge is 0.0683 e. The molecular formula is C20H40. The van der Waals surface area contributed by atoms with Crippen LogP contribution in [0.5, 0.6) is 0 Å². The molecule has 0 radical (unpaired) electrons. The molecule has 0 amide bonds. The van der Waals surface area contributed by atoms with Crippen molar-refractivity contribution in [2.45, 2.75) is 88.0 Å². The lowest BCUT2D eigenvalue weighted by molar-refractivity contribution is 0.529. The van der Waals surface area contributed by atoms with Gasteiger partial charge in [-0.2, -0.15) is 0 Å². The van der Waals surface area contributed by atoms with Gasteiger partial charge in [0.15, 0.2) is 0 Å². The van der Waals surface area contributed by atoms with Crippen molar-refractivity contribution < 1.29 is 0 Å². The van der Waals surface area contributed by atoms with Crippen LogP contribution < -0.4 is 0 Å². The highest BCUT2D eigenvalue weighted by Gasteiger charge is 2.14. The Kier molecular flexibility index (Phi) is 19.7. The van der Waals surface area contributed by atoms with E-state index in [1.54, 1.807) is 0 Å². The minimum Gasteiger partial charge on any atom is -0.0683 e. The molecule has 0 bridgehead atoms. The smallest absolute Gasteiger partial charge is 0.0164 e. The quantitative estimate of drug-likeness (QED) is 0.533. The third kappa shape index (κ3) is 9.18. The second-order valence-electron chi connectivity index (χ2n) is 4.82. The van der Waals surface area contributed by atoms with E-state index < -0.39 is 0 Å². The van der Waals surface area contributed by atoms with Crippen LogP contribution in [0.4, 0.5) is 0 Å². The molecule has 20 heavy (non-hydrogen) atoms. The minimum absolute atomic E-state index is 0.632. The second kappa shape index (κ2) is 16.3. The monoisotopic (exact) mass is 280 g/mol. The Balaban J connectivity index is -0.000000425. The Hall–Kier alpha value is -0.780. The van der Waals surface area contributed by atoms with Gasteiger partial charge in [-0.05, 0) is 28.9 Å². The fourth-order valence-electron chi connectivity index (χ4n) is 1.81. The molecule has 1 unspecified atom stereocenters. The van der Waals surface area contributed by atoms with E-state index in [4.69, 9.17) is 0 Å². The van der Waals surface area contributed by atoms with Gasteiger partial charge in [0.25, 0.3) is 0 Å². The van der Waals surface area contributed by atoms with Crippen LogP contribution in [0.3, 0.4) is 0 Å². The number of benzene rings is 1. The summed E-state index contributed by atoms with van der Waals surface area (Å²) in [5.74, 6) is 2.01. The molecule has 120 valence electrons. The summed E-state index contributed by atoms with van der Waals surface area (Å²) in [7, 11) is 0. The molecule has 0 spiro atoms. The van der Waals surface area contributed by atoms with Crippen molar-refractivity contribution in [2.75, 3.05) is 0 Å². The molecule has 0 saturated carbocycles. The van der Waals surface area contributed by atoms with Crippen molar-refractivity contribution in [3.8, 4) is 0 Å². The van der Waals surface area contributed by atoms with E-state index in [9.17, 15) is 0 Å². The summed E-state index contributed by atoms with van der Waals surface area (Å²) in [4.78, 5) is 0. The Morgan fingerprint density at radius 2 is 0.950 bits per heavy atom.